The molecule has 0 saturated carbocycles. The van der Waals surface area contributed by atoms with Crippen LogP contribution >= 0.6 is 11.3 Å². The summed E-state index contributed by atoms with van der Waals surface area (Å²) in [6, 6.07) is 3.82. The fourth-order valence-electron chi connectivity index (χ4n) is 4.54. The Hall–Kier alpha value is -3.12. The standard InChI is InChI=1S/C25H31F3N6O2S/c1-6-18-21(30-19-13-34(14-20(19)36-7-2)24-29-10-11-37-24)23(35)33(5)22(31-18)16-9-8-15(32(3)4)12-17(16)25(26,27)28/h8-12,19-20,30H,6-7,13-14H2,1-5H3/t19-,20+/m1/s1. The molecule has 12 heteroatoms. The highest BCUT2D eigenvalue weighted by molar-refractivity contribution is 7.13. The summed E-state index contributed by atoms with van der Waals surface area (Å²) in [5.74, 6) is -0.0257. The first-order valence-electron chi connectivity index (χ1n) is 12.1. The van der Waals surface area contributed by atoms with Crippen LogP contribution in [0.3, 0.4) is 0 Å². The van der Waals surface area contributed by atoms with Crippen molar-refractivity contribution in [1.82, 2.24) is 14.5 Å². The van der Waals surface area contributed by atoms with Gasteiger partial charge in [0.2, 0.25) is 0 Å². The minimum absolute atomic E-state index is 0.0257. The number of aromatic nitrogens is 3. The van der Waals surface area contributed by atoms with Gasteiger partial charge in [0.05, 0.1) is 23.4 Å². The van der Waals surface area contributed by atoms with Crippen molar-refractivity contribution in [1.29, 1.82) is 0 Å². The molecule has 1 fully saturated rings. The highest BCUT2D eigenvalue weighted by Gasteiger charge is 2.37. The number of thiazole rings is 1. The van der Waals surface area contributed by atoms with Crippen molar-refractivity contribution in [2.24, 2.45) is 7.05 Å². The summed E-state index contributed by atoms with van der Waals surface area (Å²) in [5.41, 5.74) is -0.316. The van der Waals surface area contributed by atoms with Crippen LogP contribution in [0.4, 0.5) is 29.7 Å². The summed E-state index contributed by atoms with van der Waals surface area (Å²) in [7, 11) is 4.80. The number of anilines is 3. The predicted molar refractivity (Wildman–Crippen MR) is 141 cm³/mol. The number of aryl methyl sites for hydroxylation is 1. The van der Waals surface area contributed by atoms with E-state index in [1.807, 2.05) is 19.2 Å². The summed E-state index contributed by atoms with van der Waals surface area (Å²) >= 11 is 1.53. The van der Waals surface area contributed by atoms with Crippen LogP contribution in [0, 0.1) is 0 Å². The third kappa shape index (κ3) is 5.45. The van der Waals surface area contributed by atoms with Crippen molar-refractivity contribution in [2.75, 3.05) is 48.9 Å². The highest BCUT2D eigenvalue weighted by Crippen LogP contribution is 2.38. The van der Waals surface area contributed by atoms with E-state index in [9.17, 15) is 18.0 Å². The van der Waals surface area contributed by atoms with Gasteiger partial charge in [-0.2, -0.15) is 13.2 Å². The van der Waals surface area contributed by atoms with E-state index >= 15 is 0 Å². The Morgan fingerprint density at radius 3 is 2.59 bits per heavy atom. The maximum Gasteiger partial charge on any atom is 0.417 e. The Morgan fingerprint density at radius 1 is 1.24 bits per heavy atom. The molecule has 1 aliphatic rings. The third-order valence-electron chi connectivity index (χ3n) is 6.43. The highest BCUT2D eigenvalue weighted by atomic mass is 32.1. The predicted octanol–water partition coefficient (Wildman–Crippen LogP) is 4.26. The Morgan fingerprint density at radius 2 is 2.00 bits per heavy atom. The molecule has 37 heavy (non-hydrogen) atoms. The molecule has 0 amide bonds. The van der Waals surface area contributed by atoms with Crippen molar-refractivity contribution >= 4 is 27.8 Å². The quantitative estimate of drug-likeness (QED) is 0.461. The van der Waals surface area contributed by atoms with Gasteiger partial charge in [-0.25, -0.2) is 9.97 Å². The van der Waals surface area contributed by atoms with Crippen molar-refractivity contribution in [3.05, 3.63) is 51.4 Å². The summed E-state index contributed by atoms with van der Waals surface area (Å²) in [4.78, 5) is 26.2. The lowest BCUT2D eigenvalue weighted by atomic mass is 10.0. The molecule has 3 aromatic rings. The van der Waals surface area contributed by atoms with Crippen LogP contribution in [-0.2, 0) is 24.4 Å². The first-order valence-corrected chi connectivity index (χ1v) is 12.9. The molecule has 8 nitrogen and oxygen atoms in total. The van der Waals surface area contributed by atoms with Gasteiger partial charge in [0.25, 0.3) is 5.56 Å². The number of hydrogen-bond donors (Lipinski definition) is 1. The maximum absolute atomic E-state index is 14.0. The fourth-order valence-corrected chi connectivity index (χ4v) is 5.20. The molecule has 0 unspecified atom stereocenters. The van der Waals surface area contributed by atoms with Crippen molar-refractivity contribution in [3.8, 4) is 11.4 Å². The Labute approximate surface area is 217 Å². The molecular formula is C25H31F3N6O2S. The van der Waals surface area contributed by atoms with Crippen LogP contribution in [0.15, 0.2) is 34.6 Å². The van der Waals surface area contributed by atoms with E-state index in [2.05, 4.69) is 20.2 Å². The summed E-state index contributed by atoms with van der Waals surface area (Å²) in [6.07, 6.45) is -2.70. The molecule has 2 atom stereocenters. The first kappa shape index (κ1) is 26.9. The summed E-state index contributed by atoms with van der Waals surface area (Å²) in [5, 5.41) is 6.10. The Kier molecular flexibility index (Phi) is 7.79. The lowest BCUT2D eigenvalue weighted by Gasteiger charge is -2.23. The van der Waals surface area contributed by atoms with Crippen LogP contribution in [0.1, 0.15) is 25.1 Å². The van der Waals surface area contributed by atoms with E-state index in [1.54, 1.807) is 31.3 Å². The van der Waals surface area contributed by atoms with Gasteiger partial charge >= 0.3 is 6.18 Å². The van der Waals surface area contributed by atoms with Crippen molar-refractivity contribution < 1.29 is 17.9 Å². The second-order valence-electron chi connectivity index (χ2n) is 9.06. The lowest BCUT2D eigenvalue weighted by Crippen LogP contribution is -2.38. The molecule has 1 saturated heterocycles. The third-order valence-corrected chi connectivity index (χ3v) is 7.27. The molecule has 3 heterocycles. The van der Waals surface area contributed by atoms with E-state index < -0.39 is 17.3 Å². The molecule has 0 radical (unpaired) electrons. The van der Waals surface area contributed by atoms with Crippen molar-refractivity contribution in [2.45, 2.75) is 38.6 Å². The van der Waals surface area contributed by atoms with Gasteiger partial charge in [-0.3, -0.25) is 9.36 Å². The van der Waals surface area contributed by atoms with Crippen LogP contribution in [0.25, 0.3) is 11.4 Å². The van der Waals surface area contributed by atoms with E-state index in [4.69, 9.17) is 4.74 Å². The first-order chi connectivity index (χ1) is 17.5. The number of ether oxygens (including phenoxy) is 1. The zero-order chi connectivity index (χ0) is 26.9. The smallest absolute Gasteiger partial charge is 0.378 e. The SMILES string of the molecule is CCO[C@H]1CN(c2nccs2)C[C@H]1Nc1c(CC)nc(-c2ccc(N(C)C)cc2C(F)(F)F)n(C)c1=O. The number of hydrogen-bond acceptors (Lipinski definition) is 8. The minimum atomic E-state index is -4.61. The summed E-state index contributed by atoms with van der Waals surface area (Å²) < 4.78 is 49.3. The monoisotopic (exact) mass is 536 g/mol. The Balaban J connectivity index is 1.74. The Bertz CT molecular complexity index is 1290. The van der Waals surface area contributed by atoms with Gasteiger partial charge in [0.1, 0.15) is 11.5 Å². The van der Waals surface area contributed by atoms with Crippen molar-refractivity contribution in [3.63, 3.8) is 0 Å². The zero-order valence-corrected chi connectivity index (χ0v) is 22.3. The molecule has 200 valence electrons. The van der Waals surface area contributed by atoms with Gasteiger partial charge in [-0.1, -0.05) is 6.92 Å². The van der Waals surface area contributed by atoms with Gasteiger partial charge in [-0.15, -0.1) is 11.3 Å². The normalized spacial score (nSPS) is 17.9. The average Bonchev–Trinajstić information content (AvgIpc) is 3.52. The largest absolute Gasteiger partial charge is 0.417 e. The molecule has 1 aliphatic heterocycles. The number of nitrogens with zero attached hydrogens (tertiary/aromatic N) is 5. The molecule has 0 spiro atoms. The summed E-state index contributed by atoms with van der Waals surface area (Å²) in [6.45, 7) is 5.42. The molecule has 4 rings (SSSR count). The number of rotatable bonds is 8. The molecule has 1 aromatic carbocycles. The van der Waals surface area contributed by atoms with Gasteiger partial charge in [0, 0.05) is 63.7 Å². The van der Waals surface area contributed by atoms with E-state index in [1.165, 1.54) is 29.0 Å². The number of nitrogens with one attached hydrogen (secondary N) is 1. The van der Waals surface area contributed by atoms with Crippen LogP contribution in [0.2, 0.25) is 0 Å². The second-order valence-corrected chi connectivity index (χ2v) is 9.93. The average molecular weight is 537 g/mol. The zero-order valence-electron chi connectivity index (χ0n) is 21.5. The second kappa shape index (κ2) is 10.7. The molecule has 0 aliphatic carbocycles. The number of benzene rings is 1. The van der Waals surface area contributed by atoms with E-state index in [0.29, 0.717) is 37.5 Å². The van der Waals surface area contributed by atoms with Crippen LogP contribution in [-0.4, -0.2) is 60.5 Å². The number of alkyl halides is 3. The van der Waals surface area contributed by atoms with Gasteiger partial charge in [0.15, 0.2) is 5.13 Å². The fraction of sp³-hybridized carbons (Fsp3) is 0.480. The maximum atomic E-state index is 14.0. The molecule has 1 N–H and O–H groups in total. The van der Waals surface area contributed by atoms with Gasteiger partial charge < -0.3 is 19.9 Å². The van der Waals surface area contributed by atoms with Gasteiger partial charge in [-0.05, 0) is 31.5 Å². The topological polar surface area (TPSA) is 75.5 Å². The van der Waals surface area contributed by atoms with E-state index in [-0.39, 0.29) is 29.2 Å². The van der Waals surface area contributed by atoms with Crippen LogP contribution < -0.4 is 20.7 Å². The van der Waals surface area contributed by atoms with Crippen LogP contribution in [0.5, 0.6) is 0 Å². The molecular weight excluding hydrogens is 505 g/mol. The molecule has 2 aromatic heterocycles. The number of halogens is 3. The lowest BCUT2D eigenvalue weighted by molar-refractivity contribution is -0.137. The molecule has 0 bridgehead atoms. The van der Waals surface area contributed by atoms with E-state index in [0.717, 1.165) is 11.2 Å². The minimum Gasteiger partial charge on any atom is -0.378 e.